The van der Waals surface area contributed by atoms with Crippen LogP contribution in [0.5, 0.6) is 0 Å². The van der Waals surface area contributed by atoms with Crippen LogP contribution >= 0.6 is 11.8 Å². The molecule has 0 aliphatic carbocycles. The number of anilines is 1. The van der Waals surface area contributed by atoms with Crippen LogP contribution < -0.4 is 5.32 Å². The van der Waals surface area contributed by atoms with Crippen LogP contribution in [0.1, 0.15) is 23.4 Å². The molecule has 1 aliphatic heterocycles. The van der Waals surface area contributed by atoms with Crippen molar-refractivity contribution in [3.8, 4) is 0 Å². The Balaban J connectivity index is 1.49. The Labute approximate surface area is 156 Å². The maximum atomic E-state index is 12.6. The first kappa shape index (κ1) is 16.8. The fourth-order valence-corrected chi connectivity index (χ4v) is 4.12. The van der Waals surface area contributed by atoms with E-state index in [1.807, 2.05) is 48.0 Å². The number of hydrogen-bond donors (Lipinski definition) is 1. The van der Waals surface area contributed by atoms with E-state index in [9.17, 15) is 4.79 Å². The fraction of sp³-hybridized carbons (Fsp3) is 0.250. The molecule has 0 radical (unpaired) electrons. The third-order valence-corrected chi connectivity index (χ3v) is 5.92. The number of rotatable bonds is 4. The van der Waals surface area contributed by atoms with E-state index in [-0.39, 0.29) is 11.2 Å². The first-order valence-electron chi connectivity index (χ1n) is 8.68. The van der Waals surface area contributed by atoms with Gasteiger partial charge in [0, 0.05) is 19.2 Å². The molecule has 1 aliphatic rings. The second-order valence-electron chi connectivity index (χ2n) is 6.41. The van der Waals surface area contributed by atoms with E-state index in [0.717, 1.165) is 35.9 Å². The quantitative estimate of drug-likeness (QED) is 0.770. The van der Waals surface area contributed by atoms with E-state index in [4.69, 9.17) is 0 Å². The number of nitrogens with one attached hydrogen (secondary N) is 1. The average Bonchev–Trinajstić information content (AvgIpc) is 2.91. The highest BCUT2D eigenvalue weighted by Crippen LogP contribution is 2.30. The van der Waals surface area contributed by atoms with Crippen molar-refractivity contribution in [2.75, 3.05) is 5.32 Å². The molecule has 1 aromatic heterocycles. The van der Waals surface area contributed by atoms with Crippen molar-refractivity contribution < 1.29 is 4.79 Å². The molecule has 1 unspecified atom stereocenters. The van der Waals surface area contributed by atoms with Crippen molar-refractivity contribution in [2.45, 2.75) is 29.7 Å². The lowest BCUT2D eigenvalue weighted by atomic mass is 10.1. The molecule has 5 nitrogen and oxygen atoms in total. The second-order valence-corrected chi connectivity index (χ2v) is 7.58. The largest absolute Gasteiger partial charge is 0.325 e. The summed E-state index contributed by atoms with van der Waals surface area (Å²) in [4.78, 5) is 12.6. The summed E-state index contributed by atoms with van der Waals surface area (Å²) in [6.07, 6.45) is 2.39. The monoisotopic (exact) mass is 364 g/mol. The van der Waals surface area contributed by atoms with Crippen molar-refractivity contribution >= 4 is 23.4 Å². The number of hydrogen-bond acceptors (Lipinski definition) is 4. The Bertz CT molecular complexity index is 923. The Morgan fingerprint density at radius 2 is 1.88 bits per heavy atom. The van der Waals surface area contributed by atoms with Crippen LogP contribution in [-0.4, -0.2) is 25.9 Å². The molecular formula is C20H20N4OS. The van der Waals surface area contributed by atoms with E-state index in [1.54, 1.807) is 0 Å². The van der Waals surface area contributed by atoms with E-state index < -0.39 is 0 Å². The second kappa shape index (κ2) is 7.33. The molecule has 0 saturated heterocycles. The highest BCUT2D eigenvalue weighted by atomic mass is 32.2. The van der Waals surface area contributed by atoms with Gasteiger partial charge in [0.2, 0.25) is 5.91 Å². The molecule has 3 aromatic rings. The van der Waals surface area contributed by atoms with Gasteiger partial charge in [-0.3, -0.25) is 4.79 Å². The highest BCUT2D eigenvalue weighted by Gasteiger charge is 2.26. The summed E-state index contributed by atoms with van der Waals surface area (Å²) in [5, 5.41) is 12.3. The lowest BCUT2D eigenvalue weighted by Gasteiger charge is -2.12. The van der Waals surface area contributed by atoms with Gasteiger partial charge in [-0.1, -0.05) is 60.3 Å². The molecule has 0 fully saturated rings. The highest BCUT2D eigenvalue weighted by molar-refractivity contribution is 8.00. The van der Waals surface area contributed by atoms with Crippen LogP contribution in [0.3, 0.4) is 0 Å². The maximum absolute atomic E-state index is 12.6. The lowest BCUT2D eigenvalue weighted by molar-refractivity contribution is -0.115. The predicted molar refractivity (Wildman–Crippen MR) is 103 cm³/mol. The van der Waals surface area contributed by atoms with Crippen molar-refractivity contribution in [2.24, 2.45) is 7.05 Å². The Morgan fingerprint density at radius 1 is 1.12 bits per heavy atom. The van der Waals surface area contributed by atoms with Gasteiger partial charge >= 0.3 is 0 Å². The van der Waals surface area contributed by atoms with Gasteiger partial charge in [0.05, 0.1) is 5.25 Å². The molecule has 1 N–H and O–H groups in total. The van der Waals surface area contributed by atoms with E-state index in [2.05, 4.69) is 33.7 Å². The molecule has 1 atom stereocenters. The Morgan fingerprint density at radius 3 is 2.73 bits per heavy atom. The smallest absolute Gasteiger partial charge is 0.237 e. The van der Waals surface area contributed by atoms with Crippen LogP contribution in [0, 0.1) is 0 Å². The maximum Gasteiger partial charge on any atom is 0.237 e. The molecule has 132 valence electrons. The zero-order valence-electron chi connectivity index (χ0n) is 14.6. The van der Waals surface area contributed by atoms with Crippen LogP contribution in [0.15, 0.2) is 59.8 Å². The van der Waals surface area contributed by atoms with Crippen molar-refractivity contribution in [1.82, 2.24) is 14.8 Å². The Kier molecular flexibility index (Phi) is 4.75. The number of para-hydroxylation sites is 1. The molecule has 6 heteroatoms. The zero-order chi connectivity index (χ0) is 17.9. The summed E-state index contributed by atoms with van der Waals surface area (Å²) in [5.41, 5.74) is 3.30. The van der Waals surface area contributed by atoms with Crippen LogP contribution in [0.25, 0.3) is 0 Å². The number of aryl methyl sites for hydroxylation is 1. The van der Waals surface area contributed by atoms with Crippen LogP contribution in [0.4, 0.5) is 5.69 Å². The SMILES string of the molecule is Cn1c(Cc2ccccc2)nnc1SC1CCc2ccccc2NC1=O. The summed E-state index contributed by atoms with van der Waals surface area (Å²) in [5.74, 6) is 0.934. The van der Waals surface area contributed by atoms with Crippen LogP contribution in [-0.2, 0) is 24.7 Å². The standard InChI is InChI=1S/C20H20N4OS/c1-24-18(13-14-7-3-2-4-8-14)22-23-20(24)26-17-12-11-15-9-5-6-10-16(15)21-19(17)25/h2-10,17H,11-13H2,1H3,(H,21,25). The zero-order valence-corrected chi connectivity index (χ0v) is 15.4. The minimum atomic E-state index is -0.171. The topological polar surface area (TPSA) is 59.8 Å². The number of aromatic nitrogens is 3. The number of carbonyl (C=O) groups excluding carboxylic acids is 1. The molecule has 2 aromatic carbocycles. The molecular weight excluding hydrogens is 344 g/mol. The van der Waals surface area contributed by atoms with Gasteiger partial charge in [0.15, 0.2) is 5.16 Å². The van der Waals surface area contributed by atoms with Crippen molar-refractivity contribution in [3.05, 3.63) is 71.5 Å². The summed E-state index contributed by atoms with van der Waals surface area (Å²) in [6, 6.07) is 18.2. The normalized spacial score (nSPS) is 16.7. The molecule has 0 spiro atoms. The van der Waals surface area contributed by atoms with Gasteiger partial charge in [-0.15, -0.1) is 10.2 Å². The van der Waals surface area contributed by atoms with Crippen molar-refractivity contribution in [3.63, 3.8) is 0 Å². The van der Waals surface area contributed by atoms with E-state index in [0.29, 0.717) is 0 Å². The number of thioether (sulfide) groups is 1. The minimum absolute atomic E-state index is 0.0348. The predicted octanol–water partition coefficient (Wildman–Crippen LogP) is 3.45. The van der Waals surface area contributed by atoms with Gasteiger partial charge in [-0.2, -0.15) is 0 Å². The summed E-state index contributed by atoms with van der Waals surface area (Å²) < 4.78 is 1.99. The molecule has 4 rings (SSSR count). The van der Waals surface area contributed by atoms with Gasteiger partial charge in [0.25, 0.3) is 0 Å². The van der Waals surface area contributed by atoms with Crippen LogP contribution in [0.2, 0.25) is 0 Å². The van der Waals surface area contributed by atoms with Crippen molar-refractivity contribution in [1.29, 1.82) is 0 Å². The van der Waals surface area contributed by atoms with Gasteiger partial charge in [-0.05, 0) is 30.0 Å². The third-order valence-electron chi connectivity index (χ3n) is 4.62. The number of benzene rings is 2. The molecule has 26 heavy (non-hydrogen) atoms. The number of carbonyl (C=O) groups is 1. The first-order chi connectivity index (χ1) is 12.7. The van der Waals surface area contributed by atoms with E-state index >= 15 is 0 Å². The molecule has 1 amide bonds. The molecule has 2 heterocycles. The number of nitrogens with zero attached hydrogens (tertiary/aromatic N) is 3. The molecule has 0 bridgehead atoms. The fourth-order valence-electron chi connectivity index (χ4n) is 3.11. The lowest BCUT2D eigenvalue weighted by Crippen LogP contribution is -2.24. The average molecular weight is 364 g/mol. The third kappa shape index (κ3) is 3.51. The summed E-state index contributed by atoms with van der Waals surface area (Å²) >= 11 is 1.49. The Hall–Kier alpha value is -2.60. The minimum Gasteiger partial charge on any atom is -0.325 e. The number of fused-ring (bicyclic) bond motifs is 1. The van der Waals surface area contributed by atoms with Gasteiger partial charge in [0.1, 0.15) is 5.82 Å². The summed E-state index contributed by atoms with van der Waals surface area (Å²) in [7, 11) is 1.96. The van der Waals surface area contributed by atoms with E-state index in [1.165, 1.54) is 22.9 Å². The van der Waals surface area contributed by atoms with Gasteiger partial charge in [-0.25, -0.2) is 0 Å². The molecule has 0 saturated carbocycles. The van der Waals surface area contributed by atoms with Gasteiger partial charge < -0.3 is 9.88 Å². The summed E-state index contributed by atoms with van der Waals surface area (Å²) in [6.45, 7) is 0. The number of amides is 1. The first-order valence-corrected chi connectivity index (χ1v) is 9.56.